The first-order valence-corrected chi connectivity index (χ1v) is 4.24. The summed E-state index contributed by atoms with van der Waals surface area (Å²) in [5.74, 6) is -0.0879. The van der Waals surface area contributed by atoms with Gasteiger partial charge >= 0.3 is 5.97 Å². The first-order chi connectivity index (χ1) is 6.50. The van der Waals surface area contributed by atoms with Crippen molar-refractivity contribution >= 4 is 11.9 Å². The molecule has 5 nitrogen and oxygen atoms in total. The summed E-state index contributed by atoms with van der Waals surface area (Å²) in [5, 5.41) is 0. The van der Waals surface area contributed by atoms with Crippen LogP contribution in [-0.4, -0.2) is 15.9 Å². The molecular formula is C9H13N3O2. The van der Waals surface area contributed by atoms with Crippen molar-refractivity contribution in [1.82, 2.24) is 9.97 Å². The molecule has 0 saturated carbocycles. The van der Waals surface area contributed by atoms with E-state index < -0.39 is 5.41 Å². The molecule has 0 spiro atoms. The molecule has 0 aliphatic heterocycles. The molecule has 5 heteroatoms. The van der Waals surface area contributed by atoms with E-state index in [1.165, 1.54) is 0 Å². The van der Waals surface area contributed by atoms with Crippen LogP contribution in [0.2, 0.25) is 0 Å². The largest absolute Gasteiger partial charge is 0.340 e. The summed E-state index contributed by atoms with van der Waals surface area (Å²) in [5.41, 5.74) is 1.84. The van der Waals surface area contributed by atoms with Crippen molar-refractivity contribution in [3.05, 3.63) is 18.5 Å². The molecule has 1 aromatic rings. The molecule has 1 aromatic heterocycles. The number of anilines is 1. The van der Waals surface area contributed by atoms with Crippen molar-refractivity contribution in [1.29, 1.82) is 0 Å². The van der Waals surface area contributed by atoms with Gasteiger partial charge in [-0.25, -0.2) is 14.8 Å². The third-order valence-corrected chi connectivity index (χ3v) is 1.41. The Hall–Kier alpha value is -1.65. The number of nitrogens with zero attached hydrogens (tertiary/aromatic N) is 2. The molecule has 0 aliphatic carbocycles. The molecule has 1 heterocycles. The maximum atomic E-state index is 11.3. The first kappa shape index (κ1) is 10.4. The zero-order valence-corrected chi connectivity index (χ0v) is 8.44. The van der Waals surface area contributed by atoms with Crippen LogP contribution in [0.15, 0.2) is 18.5 Å². The highest BCUT2D eigenvalue weighted by molar-refractivity contribution is 5.75. The maximum Gasteiger partial charge on any atom is 0.337 e. The Morgan fingerprint density at radius 1 is 1.36 bits per heavy atom. The van der Waals surface area contributed by atoms with E-state index in [1.54, 1.807) is 39.2 Å². The van der Waals surface area contributed by atoms with Crippen molar-refractivity contribution < 1.29 is 9.63 Å². The monoisotopic (exact) mass is 195 g/mol. The second kappa shape index (κ2) is 4.04. The standard InChI is InChI=1S/C9H13N3O2/c1-9(2,3)7(13)14-12-8-10-5-4-6-11-8/h4-6H,1-3H3,(H,10,11,12). The van der Waals surface area contributed by atoms with E-state index >= 15 is 0 Å². The minimum absolute atomic E-state index is 0.269. The van der Waals surface area contributed by atoms with Gasteiger partial charge in [-0.1, -0.05) is 0 Å². The molecule has 0 saturated heterocycles. The number of aromatic nitrogens is 2. The van der Waals surface area contributed by atoms with E-state index in [0.717, 1.165) is 0 Å². The fourth-order valence-electron chi connectivity index (χ4n) is 0.597. The molecule has 0 amide bonds. The van der Waals surface area contributed by atoms with Gasteiger partial charge in [0.25, 0.3) is 5.95 Å². The molecular weight excluding hydrogens is 182 g/mol. The Morgan fingerprint density at radius 3 is 2.43 bits per heavy atom. The maximum absolute atomic E-state index is 11.3. The van der Waals surface area contributed by atoms with Crippen LogP contribution in [-0.2, 0) is 9.63 Å². The fraction of sp³-hybridized carbons (Fsp3) is 0.444. The van der Waals surface area contributed by atoms with Crippen LogP contribution < -0.4 is 5.48 Å². The Morgan fingerprint density at radius 2 is 1.93 bits per heavy atom. The quantitative estimate of drug-likeness (QED) is 0.722. The minimum Gasteiger partial charge on any atom is -0.340 e. The molecule has 14 heavy (non-hydrogen) atoms. The van der Waals surface area contributed by atoms with Crippen LogP contribution >= 0.6 is 0 Å². The Bertz CT molecular complexity index is 306. The lowest BCUT2D eigenvalue weighted by Gasteiger charge is -2.15. The lowest BCUT2D eigenvalue weighted by atomic mass is 9.98. The van der Waals surface area contributed by atoms with Crippen LogP contribution in [0, 0.1) is 5.41 Å². The van der Waals surface area contributed by atoms with Crippen molar-refractivity contribution in [3.63, 3.8) is 0 Å². The van der Waals surface area contributed by atoms with E-state index in [9.17, 15) is 4.79 Å². The van der Waals surface area contributed by atoms with Crippen LogP contribution in [0.1, 0.15) is 20.8 Å². The highest BCUT2D eigenvalue weighted by Crippen LogP contribution is 2.14. The summed E-state index contributed by atoms with van der Waals surface area (Å²) >= 11 is 0. The molecule has 0 bridgehead atoms. The molecule has 76 valence electrons. The minimum atomic E-state index is -0.540. The molecule has 0 fully saturated rings. The van der Waals surface area contributed by atoms with E-state index in [-0.39, 0.29) is 11.9 Å². The zero-order chi connectivity index (χ0) is 10.6. The van der Waals surface area contributed by atoms with Gasteiger partial charge < -0.3 is 4.84 Å². The van der Waals surface area contributed by atoms with Crippen molar-refractivity contribution in [2.45, 2.75) is 20.8 Å². The highest BCUT2D eigenvalue weighted by Gasteiger charge is 2.23. The summed E-state index contributed by atoms with van der Waals surface area (Å²) in [4.78, 5) is 23.7. The predicted molar refractivity (Wildman–Crippen MR) is 51.2 cm³/mol. The van der Waals surface area contributed by atoms with Gasteiger partial charge in [0.2, 0.25) is 0 Å². The van der Waals surface area contributed by atoms with Gasteiger partial charge in [-0.15, -0.1) is 0 Å². The lowest BCUT2D eigenvalue weighted by molar-refractivity contribution is -0.149. The van der Waals surface area contributed by atoms with Gasteiger partial charge in [-0.2, -0.15) is 5.48 Å². The summed E-state index contributed by atoms with van der Waals surface area (Å²) in [6, 6.07) is 1.68. The molecule has 0 aliphatic rings. The first-order valence-electron chi connectivity index (χ1n) is 4.24. The zero-order valence-electron chi connectivity index (χ0n) is 8.44. The van der Waals surface area contributed by atoms with E-state index in [4.69, 9.17) is 4.84 Å². The topological polar surface area (TPSA) is 64.1 Å². The average molecular weight is 195 g/mol. The van der Waals surface area contributed by atoms with Crippen molar-refractivity contribution in [2.75, 3.05) is 5.48 Å². The molecule has 0 atom stereocenters. The van der Waals surface area contributed by atoms with E-state index in [0.29, 0.717) is 0 Å². The number of carbonyl (C=O) groups is 1. The fourth-order valence-corrected chi connectivity index (χ4v) is 0.597. The van der Waals surface area contributed by atoms with Crippen LogP contribution in [0.4, 0.5) is 5.95 Å². The van der Waals surface area contributed by atoms with Crippen LogP contribution in [0.5, 0.6) is 0 Å². The number of nitrogens with one attached hydrogen (secondary N) is 1. The molecule has 1 rings (SSSR count). The highest BCUT2D eigenvalue weighted by atomic mass is 16.7. The van der Waals surface area contributed by atoms with Gasteiger partial charge in [-0.3, -0.25) is 0 Å². The Labute approximate surface area is 82.5 Å². The lowest BCUT2D eigenvalue weighted by Crippen LogP contribution is -2.25. The third kappa shape index (κ3) is 3.01. The SMILES string of the molecule is CC(C)(C)C(=O)ONc1ncccn1. The molecule has 0 aromatic carbocycles. The van der Waals surface area contributed by atoms with Gasteiger partial charge in [0, 0.05) is 12.4 Å². The van der Waals surface area contributed by atoms with Gasteiger partial charge in [-0.05, 0) is 26.8 Å². The van der Waals surface area contributed by atoms with Gasteiger partial charge in [0.05, 0.1) is 5.41 Å². The van der Waals surface area contributed by atoms with E-state index in [2.05, 4.69) is 15.4 Å². The molecule has 0 radical (unpaired) electrons. The Kier molecular flexibility index (Phi) is 3.01. The molecule has 0 unspecified atom stereocenters. The average Bonchev–Trinajstić information content (AvgIpc) is 2.14. The van der Waals surface area contributed by atoms with E-state index in [1.807, 2.05) is 0 Å². The third-order valence-electron chi connectivity index (χ3n) is 1.41. The van der Waals surface area contributed by atoms with Gasteiger partial charge in [0.1, 0.15) is 0 Å². The summed E-state index contributed by atoms with van der Waals surface area (Å²) < 4.78 is 0. The number of carbonyl (C=O) groups excluding carboxylic acids is 1. The normalized spacial score (nSPS) is 10.8. The van der Waals surface area contributed by atoms with Crippen LogP contribution in [0.3, 0.4) is 0 Å². The predicted octanol–water partition coefficient (Wildman–Crippen LogP) is 1.39. The van der Waals surface area contributed by atoms with Crippen molar-refractivity contribution in [2.24, 2.45) is 5.41 Å². The summed E-state index contributed by atoms with van der Waals surface area (Å²) in [6.45, 7) is 5.30. The van der Waals surface area contributed by atoms with Crippen LogP contribution in [0.25, 0.3) is 0 Å². The second-order valence-corrected chi connectivity index (χ2v) is 3.81. The summed E-state index contributed by atoms with van der Waals surface area (Å²) in [6.07, 6.45) is 3.11. The molecule has 1 N–H and O–H groups in total. The number of hydrogen-bond donors (Lipinski definition) is 1. The van der Waals surface area contributed by atoms with Crippen molar-refractivity contribution in [3.8, 4) is 0 Å². The smallest absolute Gasteiger partial charge is 0.337 e. The Balaban J connectivity index is 2.46. The number of rotatable bonds is 2. The second-order valence-electron chi connectivity index (χ2n) is 3.81. The summed E-state index contributed by atoms with van der Waals surface area (Å²) in [7, 11) is 0. The number of hydrogen-bond acceptors (Lipinski definition) is 5. The van der Waals surface area contributed by atoms with Gasteiger partial charge in [0.15, 0.2) is 0 Å².